The lowest BCUT2D eigenvalue weighted by molar-refractivity contribution is -0.153. The van der Waals surface area contributed by atoms with Gasteiger partial charge in [0.05, 0.1) is 18.6 Å². The van der Waals surface area contributed by atoms with Crippen LogP contribution >= 0.6 is 0 Å². The first-order valence-electron chi connectivity index (χ1n) is 7.70. The molecule has 2 aromatic rings. The molecule has 2 rings (SSSR count). The third-order valence-corrected chi connectivity index (χ3v) is 3.30. The fourth-order valence-electron chi connectivity index (χ4n) is 2.11. The maximum Gasteiger partial charge on any atom is 0.375 e. The highest BCUT2D eigenvalue weighted by molar-refractivity contribution is 6.38. The van der Waals surface area contributed by atoms with Crippen molar-refractivity contribution in [1.82, 2.24) is 0 Å². The third kappa shape index (κ3) is 5.24. The summed E-state index contributed by atoms with van der Waals surface area (Å²) in [5.74, 6) is -3.27. The van der Waals surface area contributed by atoms with Gasteiger partial charge in [0, 0.05) is 0 Å². The van der Waals surface area contributed by atoms with Crippen LogP contribution in [0.2, 0.25) is 0 Å². The van der Waals surface area contributed by atoms with Crippen LogP contribution in [0.5, 0.6) is 5.75 Å². The topological polar surface area (TPSA) is 69.7 Å². The zero-order valence-corrected chi connectivity index (χ0v) is 13.7. The van der Waals surface area contributed by atoms with Gasteiger partial charge in [-0.3, -0.25) is 9.59 Å². The molecule has 0 saturated carbocycles. The van der Waals surface area contributed by atoms with E-state index in [1.807, 2.05) is 30.3 Å². The van der Waals surface area contributed by atoms with Crippen molar-refractivity contribution in [3.05, 3.63) is 65.5 Å². The Morgan fingerprint density at radius 2 is 1.76 bits per heavy atom. The third-order valence-electron chi connectivity index (χ3n) is 3.30. The molecule has 0 aliphatic heterocycles. The van der Waals surface area contributed by atoms with Crippen LogP contribution in [0, 0.1) is 5.82 Å². The van der Waals surface area contributed by atoms with Gasteiger partial charge in [-0.2, -0.15) is 0 Å². The van der Waals surface area contributed by atoms with Gasteiger partial charge in [-0.25, -0.2) is 9.18 Å². The van der Waals surface area contributed by atoms with E-state index in [0.29, 0.717) is 0 Å². The van der Waals surface area contributed by atoms with Crippen LogP contribution in [0.1, 0.15) is 29.3 Å². The van der Waals surface area contributed by atoms with Crippen molar-refractivity contribution in [2.24, 2.45) is 0 Å². The monoisotopic (exact) mass is 344 g/mol. The Labute approximate surface area is 144 Å². The molecule has 0 amide bonds. The Morgan fingerprint density at radius 3 is 2.44 bits per heavy atom. The second kappa shape index (κ2) is 8.73. The van der Waals surface area contributed by atoms with Gasteiger partial charge in [0.2, 0.25) is 5.78 Å². The van der Waals surface area contributed by atoms with E-state index in [1.54, 1.807) is 6.92 Å². The van der Waals surface area contributed by atoms with Crippen LogP contribution in [0.25, 0.3) is 0 Å². The fourth-order valence-corrected chi connectivity index (χ4v) is 2.11. The molecule has 0 saturated heterocycles. The van der Waals surface area contributed by atoms with Gasteiger partial charge in [-0.05, 0) is 30.7 Å². The minimum Gasteiger partial charge on any atom is -0.488 e. The molecule has 0 radical (unpaired) electrons. The van der Waals surface area contributed by atoms with Crippen LogP contribution < -0.4 is 4.74 Å². The van der Waals surface area contributed by atoms with Gasteiger partial charge in [-0.15, -0.1) is 0 Å². The summed E-state index contributed by atoms with van der Waals surface area (Å²) in [6.07, 6.45) is -0.704. The zero-order valence-electron chi connectivity index (χ0n) is 13.7. The Morgan fingerprint density at radius 1 is 1.04 bits per heavy atom. The van der Waals surface area contributed by atoms with E-state index >= 15 is 0 Å². The molecule has 0 atom stereocenters. The highest BCUT2D eigenvalue weighted by Crippen LogP contribution is 2.23. The summed E-state index contributed by atoms with van der Waals surface area (Å²) in [6.45, 7) is 1.76. The fraction of sp³-hybridized carbons (Fsp3) is 0.211. The number of carbonyl (C=O) groups is 3. The van der Waals surface area contributed by atoms with Crippen molar-refractivity contribution in [2.45, 2.75) is 20.0 Å². The van der Waals surface area contributed by atoms with Gasteiger partial charge >= 0.3 is 5.97 Å². The average molecular weight is 344 g/mol. The van der Waals surface area contributed by atoms with E-state index < -0.39 is 29.8 Å². The van der Waals surface area contributed by atoms with Crippen molar-refractivity contribution in [1.29, 1.82) is 0 Å². The van der Waals surface area contributed by atoms with Gasteiger partial charge in [0.1, 0.15) is 18.2 Å². The number of ether oxygens (including phenoxy) is 2. The molecule has 2 aromatic carbocycles. The predicted octanol–water partition coefficient (Wildman–Crippen LogP) is 3.11. The molecule has 0 N–H and O–H groups in total. The maximum atomic E-state index is 13.5. The van der Waals surface area contributed by atoms with Crippen LogP contribution in [-0.2, 0) is 20.9 Å². The highest BCUT2D eigenvalue weighted by Gasteiger charge is 2.22. The van der Waals surface area contributed by atoms with Crippen LogP contribution in [0.4, 0.5) is 4.39 Å². The lowest BCUT2D eigenvalue weighted by atomic mass is 10.0. The van der Waals surface area contributed by atoms with Crippen LogP contribution in [0.3, 0.4) is 0 Å². The van der Waals surface area contributed by atoms with Crippen molar-refractivity contribution >= 4 is 17.5 Å². The highest BCUT2D eigenvalue weighted by atomic mass is 19.1. The minimum absolute atomic E-state index is 0.0319. The number of carbonyl (C=O) groups excluding carboxylic acids is 3. The largest absolute Gasteiger partial charge is 0.488 e. The molecule has 25 heavy (non-hydrogen) atoms. The van der Waals surface area contributed by atoms with Crippen molar-refractivity contribution < 1.29 is 28.2 Å². The van der Waals surface area contributed by atoms with E-state index in [-0.39, 0.29) is 24.5 Å². The zero-order chi connectivity index (χ0) is 18.2. The number of esters is 1. The molecule has 0 aliphatic rings. The van der Waals surface area contributed by atoms with Gasteiger partial charge in [0.25, 0.3) is 0 Å². The normalized spacial score (nSPS) is 10.2. The van der Waals surface area contributed by atoms with E-state index in [1.165, 1.54) is 6.07 Å². The minimum atomic E-state index is -1.08. The number of hydrogen-bond donors (Lipinski definition) is 0. The number of benzene rings is 2. The van der Waals surface area contributed by atoms with Crippen LogP contribution in [-0.4, -0.2) is 24.1 Å². The Kier molecular flexibility index (Phi) is 6.39. The van der Waals surface area contributed by atoms with Crippen LogP contribution in [0.15, 0.2) is 48.5 Å². The molecule has 0 bridgehead atoms. The summed E-state index contributed by atoms with van der Waals surface area (Å²) >= 11 is 0. The summed E-state index contributed by atoms with van der Waals surface area (Å²) in [4.78, 5) is 35.3. The average Bonchev–Trinajstić information content (AvgIpc) is 2.61. The molecule has 0 fully saturated rings. The summed E-state index contributed by atoms with van der Waals surface area (Å²) in [5.41, 5.74) is 0.779. The molecule has 0 aliphatic carbocycles. The van der Waals surface area contributed by atoms with E-state index in [4.69, 9.17) is 4.74 Å². The van der Waals surface area contributed by atoms with Crippen molar-refractivity contribution in [3.63, 3.8) is 0 Å². The first kappa shape index (κ1) is 18.3. The standard InChI is InChI=1S/C19H17FO5/c1-2-24-19(23)17(22)11-16(21)15-10-14(20)8-9-18(15)25-12-13-6-4-3-5-7-13/h3-10H,2,11-12H2,1H3. The quantitative estimate of drug-likeness (QED) is 0.318. The van der Waals surface area contributed by atoms with Crippen molar-refractivity contribution in [3.8, 4) is 5.75 Å². The summed E-state index contributed by atoms with van der Waals surface area (Å²) < 4.78 is 23.6. The van der Waals surface area contributed by atoms with E-state index in [2.05, 4.69) is 4.74 Å². The summed E-state index contributed by atoms with van der Waals surface area (Å²) in [6, 6.07) is 12.7. The molecular weight excluding hydrogens is 327 g/mol. The first-order chi connectivity index (χ1) is 12.0. The second-order valence-electron chi connectivity index (χ2n) is 5.16. The molecule has 0 unspecified atom stereocenters. The predicted molar refractivity (Wildman–Crippen MR) is 87.8 cm³/mol. The molecule has 0 heterocycles. The molecule has 5 nitrogen and oxygen atoms in total. The molecular formula is C19H17FO5. The van der Waals surface area contributed by atoms with Gasteiger partial charge in [0.15, 0.2) is 5.78 Å². The Hall–Kier alpha value is -3.02. The van der Waals surface area contributed by atoms with E-state index in [0.717, 1.165) is 17.7 Å². The lowest BCUT2D eigenvalue weighted by Gasteiger charge is -2.11. The number of hydrogen-bond acceptors (Lipinski definition) is 5. The Bertz CT molecular complexity index is 771. The SMILES string of the molecule is CCOC(=O)C(=O)CC(=O)c1cc(F)ccc1OCc1ccccc1. The molecule has 0 aromatic heterocycles. The number of halogens is 1. The summed E-state index contributed by atoms with van der Waals surface area (Å²) in [7, 11) is 0. The smallest absolute Gasteiger partial charge is 0.375 e. The summed E-state index contributed by atoms with van der Waals surface area (Å²) in [5, 5.41) is 0. The lowest BCUT2D eigenvalue weighted by Crippen LogP contribution is -2.21. The number of Topliss-reactive ketones (excluding diaryl/α,β-unsaturated/α-hetero) is 2. The van der Waals surface area contributed by atoms with E-state index in [9.17, 15) is 18.8 Å². The molecule has 0 spiro atoms. The molecule has 6 heteroatoms. The maximum absolute atomic E-state index is 13.5. The Balaban J connectivity index is 2.13. The number of rotatable bonds is 8. The first-order valence-corrected chi connectivity index (χ1v) is 7.70. The molecule has 130 valence electrons. The van der Waals surface area contributed by atoms with Gasteiger partial charge < -0.3 is 9.47 Å². The van der Waals surface area contributed by atoms with Crippen molar-refractivity contribution in [2.75, 3.05) is 6.61 Å². The van der Waals surface area contributed by atoms with Gasteiger partial charge in [-0.1, -0.05) is 30.3 Å². The number of ketones is 2. The second-order valence-corrected chi connectivity index (χ2v) is 5.16.